The van der Waals surface area contributed by atoms with Crippen LogP contribution in [0.5, 0.6) is 0 Å². The van der Waals surface area contributed by atoms with Crippen LogP contribution in [0.15, 0.2) is 0 Å². The van der Waals surface area contributed by atoms with Gasteiger partial charge in [0, 0.05) is 6.54 Å². The Hall–Kier alpha value is -0.240. The molecule has 6 heteroatoms. The van der Waals surface area contributed by atoms with Gasteiger partial charge in [-0.05, 0) is 0 Å². The molecule has 0 spiro atoms. The molecule has 1 fully saturated rings. The fourth-order valence-corrected chi connectivity index (χ4v) is 1.13. The lowest BCUT2D eigenvalue weighted by molar-refractivity contribution is -0.279. The van der Waals surface area contributed by atoms with Crippen molar-refractivity contribution in [2.75, 3.05) is 6.54 Å². The molecule has 1 rings (SSSR count). The first-order valence-electron chi connectivity index (χ1n) is 3.65. The third-order valence-electron chi connectivity index (χ3n) is 1.92. The van der Waals surface area contributed by atoms with Gasteiger partial charge >= 0.3 is 0 Å². The molecular formula is C6H13NO5. The minimum Gasteiger partial charge on any atom is -0.388 e. The van der Waals surface area contributed by atoms with Crippen LogP contribution >= 0.6 is 0 Å². The highest BCUT2D eigenvalue weighted by Crippen LogP contribution is 2.18. The van der Waals surface area contributed by atoms with Crippen molar-refractivity contribution in [1.29, 1.82) is 0 Å². The molecule has 0 saturated carbocycles. The Morgan fingerprint density at radius 2 is 1.58 bits per heavy atom. The van der Waals surface area contributed by atoms with Gasteiger partial charge in [-0.1, -0.05) is 0 Å². The smallest absolute Gasteiger partial charge is 0.184 e. The van der Waals surface area contributed by atoms with E-state index in [9.17, 15) is 5.11 Å². The number of hydrogen-bond donors (Lipinski definition) is 5. The van der Waals surface area contributed by atoms with Crippen molar-refractivity contribution in [3.8, 4) is 0 Å². The van der Waals surface area contributed by atoms with E-state index in [1.807, 2.05) is 0 Å². The largest absolute Gasteiger partial charge is 0.388 e. The van der Waals surface area contributed by atoms with E-state index in [1.54, 1.807) is 0 Å². The van der Waals surface area contributed by atoms with Gasteiger partial charge in [-0.2, -0.15) is 0 Å². The highest BCUT2D eigenvalue weighted by molar-refractivity contribution is 4.88. The minimum atomic E-state index is -1.49. The molecule has 0 radical (unpaired) electrons. The molecule has 1 unspecified atom stereocenters. The van der Waals surface area contributed by atoms with Crippen molar-refractivity contribution in [1.82, 2.24) is 0 Å². The first-order chi connectivity index (χ1) is 5.57. The summed E-state index contributed by atoms with van der Waals surface area (Å²) in [5.74, 6) is 0. The van der Waals surface area contributed by atoms with Crippen molar-refractivity contribution in [2.24, 2.45) is 5.73 Å². The fraction of sp³-hybridized carbons (Fsp3) is 1.00. The molecule has 0 aliphatic carbocycles. The zero-order valence-electron chi connectivity index (χ0n) is 6.37. The second kappa shape index (κ2) is 3.65. The van der Waals surface area contributed by atoms with Crippen LogP contribution in [0.25, 0.3) is 0 Å². The molecule has 0 aromatic heterocycles. The standard InChI is InChI=1S/C6H13NO5/c7-1-2-3(8)4(9)5(10)6(11)12-2/h2-6,8-11H,1,7H2/t2?,3-,4+,5-,6+/m0/s1. The van der Waals surface area contributed by atoms with E-state index in [0.29, 0.717) is 0 Å². The Bertz CT molecular complexity index is 150. The van der Waals surface area contributed by atoms with Gasteiger partial charge < -0.3 is 30.9 Å². The van der Waals surface area contributed by atoms with E-state index in [1.165, 1.54) is 0 Å². The Morgan fingerprint density at radius 1 is 1.00 bits per heavy atom. The third-order valence-corrected chi connectivity index (χ3v) is 1.92. The summed E-state index contributed by atoms with van der Waals surface area (Å²) in [5, 5.41) is 36.3. The molecule has 5 atom stereocenters. The van der Waals surface area contributed by atoms with E-state index < -0.39 is 30.7 Å². The minimum absolute atomic E-state index is 0.0258. The lowest BCUT2D eigenvalue weighted by Gasteiger charge is -2.37. The van der Waals surface area contributed by atoms with Gasteiger partial charge in [-0.3, -0.25) is 0 Å². The number of aliphatic hydroxyl groups excluding tert-OH is 4. The number of ether oxygens (including phenoxy) is 1. The summed E-state index contributed by atoms with van der Waals surface area (Å²) < 4.78 is 4.70. The van der Waals surface area contributed by atoms with Gasteiger partial charge in [-0.15, -0.1) is 0 Å². The normalized spacial score (nSPS) is 49.2. The Morgan fingerprint density at radius 3 is 2.08 bits per heavy atom. The molecule has 12 heavy (non-hydrogen) atoms. The van der Waals surface area contributed by atoms with Crippen molar-refractivity contribution in [2.45, 2.75) is 30.7 Å². The van der Waals surface area contributed by atoms with Crippen LogP contribution in [0, 0.1) is 0 Å². The second-order valence-corrected chi connectivity index (χ2v) is 2.77. The molecule has 0 bridgehead atoms. The molecule has 0 aromatic carbocycles. The third kappa shape index (κ3) is 1.58. The number of nitrogens with two attached hydrogens (primary N) is 1. The van der Waals surface area contributed by atoms with Gasteiger partial charge in [0.15, 0.2) is 6.29 Å². The van der Waals surface area contributed by atoms with Crippen molar-refractivity contribution >= 4 is 0 Å². The molecule has 1 aliphatic rings. The van der Waals surface area contributed by atoms with Crippen LogP contribution in [0.2, 0.25) is 0 Å². The van der Waals surface area contributed by atoms with Crippen LogP contribution in [0.3, 0.4) is 0 Å². The molecule has 1 aliphatic heterocycles. The van der Waals surface area contributed by atoms with Crippen LogP contribution in [-0.4, -0.2) is 57.7 Å². The first-order valence-corrected chi connectivity index (χ1v) is 3.65. The molecule has 0 amide bonds. The highest BCUT2D eigenvalue weighted by atomic mass is 16.6. The topological polar surface area (TPSA) is 116 Å². The Labute approximate surface area is 69.2 Å². The molecule has 1 saturated heterocycles. The van der Waals surface area contributed by atoms with E-state index in [2.05, 4.69) is 0 Å². The average molecular weight is 179 g/mol. The lowest BCUT2D eigenvalue weighted by atomic mass is 9.99. The predicted octanol–water partition coefficient (Wildman–Crippen LogP) is -3.25. The Kier molecular flexibility index (Phi) is 2.99. The zero-order valence-corrected chi connectivity index (χ0v) is 6.37. The fourth-order valence-electron chi connectivity index (χ4n) is 1.13. The van der Waals surface area contributed by atoms with Gasteiger partial charge in [0.2, 0.25) is 0 Å². The maximum Gasteiger partial charge on any atom is 0.184 e. The zero-order chi connectivity index (χ0) is 9.30. The summed E-state index contributed by atoms with van der Waals surface area (Å²) in [6.07, 6.45) is -6.48. The number of hydrogen-bond acceptors (Lipinski definition) is 6. The summed E-state index contributed by atoms with van der Waals surface area (Å²) in [7, 11) is 0. The molecule has 6 N–H and O–H groups in total. The van der Waals surface area contributed by atoms with E-state index >= 15 is 0 Å². The summed E-state index contributed by atoms with van der Waals surface area (Å²) in [6, 6.07) is 0. The van der Waals surface area contributed by atoms with Crippen LogP contribution in [-0.2, 0) is 4.74 Å². The van der Waals surface area contributed by atoms with Crippen LogP contribution in [0.4, 0.5) is 0 Å². The maximum atomic E-state index is 9.20. The first kappa shape index (κ1) is 9.85. The van der Waals surface area contributed by atoms with E-state index in [-0.39, 0.29) is 6.54 Å². The van der Waals surface area contributed by atoms with Gasteiger partial charge in [0.1, 0.15) is 24.4 Å². The summed E-state index contributed by atoms with van der Waals surface area (Å²) in [6.45, 7) is -0.0258. The van der Waals surface area contributed by atoms with Gasteiger partial charge in [-0.25, -0.2) is 0 Å². The van der Waals surface area contributed by atoms with Crippen molar-refractivity contribution in [3.05, 3.63) is 0 Å². The van der Waals surface area contributed by atoms with Crippen LogP contribution < -0.4 is 5.73 Å². The van der Waals surface area contributed by atoms with Crippen molar-refractivity contribution in [3.63, 3.8) is 0 Å². The van der Waals surface area contributed by atoms with Gasteiger partial charge in [0.25, 0.3) is 0 Å². The molecule has 6 nitrogen and oxygen atoms in total. The monoisotopic (exact) mass is 179 g/mol. The molecule has 72 valence electrons. The quantitative estimate of drug-likeness (QED) is 0.288. The Balaban J connectivity index is 2.63. The lowest BCUT2D eigenvalue weighted by Crippen LogP contribution is -2.59. The van der Waals surface area contributed by atoms with Crippen molar-refractivity contribution < 1.29 is 25.2 Å². The predicted molar refractivity (Wildman–Crippen MR) is 38.0 cm³/mol. The van der Waals surface area contributed by atoms with E-state index in [4.69, 9.17) is 25.8 Å². The maximum absolute atomic E-state index is 9.20. The van der Waals surface area contributed by atoms with E-state index in [0.717, 1.165) is 0 Å². The SMILES string of the molecule is NCC1O[C@@H](O)[C@@H](O)[C@H](O)[C@H]1O. The summed E-state index contributed by atoms with van der Waals surface area (Å²) >= 11 is 0. The van der Waals surface area contributed by atoms with Gasteiger partial charge in [0.05, 0.1) is 0 Å². The number of aliphatic hydroxyl groups is 4. The molecule has 1 heterocycles. The summed E-state index contributed by atoms with van der Waals surface area (Å²) in [4.78, 5) is 0. The number of rotatable bonds is 1. The average Bonchev–Trinajstić information content (AvgIpc) is 2.08. The molecule has 0 aromatic rings. The van der Waals surface area contributed by atoms with Crippen LogP contribution in [0.1, 0.15) is 0 Å². The summed E-state index contributed by atoms with van der Waals surface area (Å²) in [5.41, 5.74) is 5.17. The molecular weight excluding hydrogens is 166 g/mol. The highest BCUT2D eigenvalue weighted by Gasteiger charge is 2.42. The second-order valence-electron chi connectivity index (χ2n) is 2.77.